The van der Waals surface area contributed by atoms with E-state index in [0.29, 0.717) is 23.7 Å². The molecule has 1 heteroatoms. The molecule has 0 bridgehead atoms. The van der Waals surface area contributed by atoms with Crippen LogP contribution in [0.4, 0.5) is 0 Å². The monoisotopic (exact) mass is 466 g/mol. The van der Waals surface area contributed by atoms with Gasteiger partial charge in [-0.2, -0.15) is 0 Å². The predicted octanol–water partition coefficient (Wildman–Crippen LogP) is 11.5. The van der Waals surface area contributed by atoms with Gasteiger partial charge in [-0.1, -0.05) is 117 Å². The van der Waals surface area contributed by atoms with Crippen molar-refractivity contribution in [1.82, 2.24) is 0 Å². The summed E-state index contributed by atoms with van der Waals surface area (Å²) in [6, 6.07) is 14.8. The Morgan fingerprint density at radius 2 is 0.848 bits per heavy atom. The third-order valence-corrected chi connectivity index (χ3v) is 8.53. The first-order chi connectivity index (χ1) is 15.9. The van der Waals surface area contributed by atoms with Crippen molar-refractivity contribution in [2.24, 2.45) is 0 Å². The first-order valence-electron chi connectivity index (χ1n) is 13.8. The maximum atomic E-state index is 2.53. The molecule has 0 aliphatic carbocycles. The second-order valence-electron chi connectivity index (χ2n) is 10.5. The summed E-state index contributed by atoms with van der Waals surface area (Å²) in [5.41, 5.74) is 6.08. The Labute approximate surface area is 210 Å². The van der Waals surface area contributed by atoms with Crippen LogP contribution in [0.2, 0.25) is 0 Å². The molecule has 4 atom stereocenters. The van der Waals surface area contributed by atoms with Crippen LogP contribution >= 0.6 is 11.8 Å². The molecule has 0 saturated heterocycles. The van der Waals surface area contributed by atoms with Crippen molar-refractivity contribution in [3.8, 4) is 0 Å². The molecule has 2 aromatic carbocycles. The quantitative estimate of drug-likeness (QED) is 0.267. The molecular formula is C32H50S. The van der Waals surface area contributed by atoms with Crippen molar-refractivity contribution < 1.29 is 0 Å². The Morgan fingerprint density at radius 3 is 1.18 bits per heavy atom. The van der Waals surface area contributed by atoms with Crippen LogP contribution in [-0.4, -0.2) is 0 Å². The van der Waals surface area contributed by atoms with Gasteiger partial charge >= 0.3 is 0 Å². The largest absolute Gasteiger partial charge is 0.0895 e. The molecule has 0 aromatic heterocycles. The average Bonchev–Trinajstić information content (AvgIpc) is 2.79. The minimum atomic E-state index is 0.603. The lowest BCUT2D eigenvalue weighted by Crippen LogP contribution is -2.02. The van der Waals surface area contributed by atoms with E-state index >= 15 is 0 Å². The van der Waals surface area contributed by atoms with E-state index in [0.717, 1.165) is 0 Å². The van der Waals surface area contributed by atoms with Crippen molar-refractivity contribution in [3.05, 3.63) is 58.7 Å². The molecule has 0 spiro atoms. The summed E-state index contributed by atoms with van der Waals surface area (Å²) in [5, 5.41) is 0. The normalized spacial score (nSPS) is 15.3. The van der Waals surface area contributed by atoms with Gasteiger partial charge in [0.15, 0.2) is 0 Å². The Bertz CT molecular complexity index is 767. The molecule has 0 aliphatic heterocycles. The van der Waals surface area contributed by atoms with Gasteiger partial charge in [-0.3, -0.25) is 0 Å². The molecule has 2 aromatic rings. The van der Waals surface area contributed by atoms with Crippen molar-refractivity contribution in [3.63, 3.8) is 0 Å². The third-order valence-electron chi connectivity index (χ3n) is 7.38. The molecule has 0 N–H and O–H groups in total. The van der Waals surface area contributed by atoms with Crippen molar-refractivity contribution in [1.29, 1.82) is 0 Å². The highest BCUT2D eigenvalue weighted by Gasteiger charge is 2.19. The van der Waals surface area contributed by atoms with Gasteiger partial charge in [0, 0.05) is 9.79 Å². The zero-order chi connectivity index (χ0) is 24.4. The van der Waals surface area contributed by atoms with Crippen LogP contribution in [0.15, 0.2) is 46.2 Å². The topological polar surface area (TPSA) is 0 Å². The zero-order valence-corrected chi connectivity index (χ0v) is 23.7. The van der Waals surface area contributed by atoms with E-state index in [4.69, 9.17) is 0 Å². The SMILES string of the molecule is CCCC(C)c1ccc(C(C)CCC)c(Sc2cc(C(C)CCC)ccc2C(C)CCC)c1. The van der Waals surface area contributed by atoms with Crippen LogP contribution in [0.3, 0.4) is 0 Å². The Balaban J connectivity index is 2.56. The van der Waals surface area contributed by atoms with Crippen LogP contribution in [0.25, 0.3) is 0 Å². The lowest BCUT2D eigenvalue weighted by Gasteiger charge is -2.22. The minimum absolute atomic E-state index is 0.603. The smallest absolute Gasteiger partial charge is 0.0160 e. The summed E-state index contributed by atoms with van der Waals surface area (Å²) < 4.78 is 0. The van der Waals surface area contributed by atoms with Crippen molar-refractivity contribution in [2.45, 2.75) is 140 Å². The Kier molecular flexibility index (Phi) is 12.1. The molecule has 0 saturated carbocycles. The van der Waals surface area contributed by atoms with E-state index < -0.39 is 0 Å². The van der Waals surface area contributed by atoms with E-state index in [1.165, 1.54) is 83.4 Å². The first-order valence-corrected chi connectivity index (χ1v) is 14.6. The second kappa shape index (κ2) is 14.2. The average molecular weight is 467 g/mol. The van der Waals surface area contributed by atoms with E-state index in [1.54, 1.807) is 0 Å². The summed E-state index contributed by atoms with van der Waals surface area (Å²) >= 11 is 2.05. The number of hydrogen-bond donors (Lipinski definition) is 0. The molecule has 184 valence electrons. The van der Waals surface area contributed by atoms with E-state index in [1.807, 2.05) is 11.8 Å². The predicted molar refractivity (Wildman–Crippen MR) is 150 cm³/mol. The van der Waals surface area contributed by atoms with E-state index in [9.17, 15) is 0 Å². The van der Waals surface area contributed by atoms with Gasteiger partial charge in [0.1, 0.15) is 0 Å². The molecule has 0 heterocycles. The Hall–Kier alpha value is -1.21. The van der Waals surface area contributed by atoms with Gasteiger partial charge in [0.2, 0.25) is 0 Å². The third kappa shape index (κ3) is 7.91. The molecule has 0 amide bonds. The van der Waals surface area contributed by atoms with Crippen LogP contribution < -0.4 is 0 Å². The standard InChI is InChI=1S/C32H50S/c1-9-13-23(5)27-17-19-29(25(7)15-11-3)31(21-27)33-32-22-28(24(6)14-10-2)18-20-30(32)26(8)16-12-4/h17-26H,9-16H2,1-8H3. The molecule has 4 unspecified atom stereocenters. The highest BCUT2D eigenvalue weighted by Crippen LogP contribution is 2.42. The highest BCUT2D eigenvalue weighted by molar-refractivity contribution is 7.99. The van der Waals surface area contributed by atoms with Crippen LogP contribution in [0.1, 0.15) is 153 Å². The number of benzene rings is 2. The maximum Gasteiger partial charge on any atom is 0.0160 e. The zero-order valence-electron chi connectivity index (χ0n) is 22.8. The summed E-state index contributed by atoms with van der Waals surface area (Å²) in [6.07, 6.45) is 9.99. The fraction of sp³-hybridized carbons (Fsp3) is 0.625. The van der Waals surface area contributed by atoms with E-state index in [-0.39, 0.29) is 0 Å². The Morgan fingerprint density at radius 1 is 0.515 bits per heavy atom. The van der Waals surface area contributed by atoms with Crippen molar-refractivity contribution in [2.75, 3.05) is 0 Å². The first kappa shape index (κ1) is 28.0. The van der Waals surface area contributed by atoms with Gasteiger partial charge < -0.3 is 0 Å². The summed E-state index contributed by atoms with van der Waals surface area (Å²) in [4.78, 5) is 2.98. The van der Waals surface area contributed by atoms with Crippen molar-refractivity contribution >= 4 is 11.8 Å². The lowest BCUT2D eigenvalue weighted by molar-refractivity contribution is 0.642. The number of rotatable bonds is 14. The molecule has 0 nitrogen and oxygen atoms in total. The van der Waals surface area contributed by atoms with Gasteiger partial charge in [0.05, 0.1) is 0 Å². The minimum Gasteiger partial charge on any atom is -0.0895 e. The van der Waals surface area contributed by atoms with Crippen LogP contribution in [-0.2, 0) is 0 Å². The molecule has 0 radical (unpaired) electrons. The fourth-order valence-electron chi connectivity index (χ4n) is 5.20. The number of hydrogen-bond acceptors (Lipinski definition) is 1. The highest BCUT2D eigenvalue weighted by atomic mass is 32.2. The molecule has 0 aliphatic rings. The summed E-state index contributed by atoms with van der Waals surface area (Å²) in [7, 11) is 0. The summed E-state index contributed by atoms with van der Waals surface area (Å²) in [5.74, 6) is 2.46. The van der Waals surface area contributed by atoms with E-state index in [2.05, 4.69) is 91.8 Å². The van der Waals surface area contributed by atoms with Crippen LogP contribution in [0.5, 0.6) is 0 Å². The van der Waals surface area contributed by atoms with Gasteiger partial charge in [-0.25, -0.2) is 0 Å². The lowest BCUT2D eigenvalue weighted by atomic mass is 9.91. The molecule has 0 fully saturated rings. The van der Waals surface area contributed by atoms with Gasteiger partial charge in [-0.05, 0) is 83.7 Å². The van der Waals surface area contributed by atoms with Crippen LogP contribution in [0, 0.1) is 0 Å². The van der Waals surface area contributed by atoms with Gasteiger partial charge in [0.25, 0.3) is 0 Å². The molecule has 2 rings (SSSR count). The van der Waals surface area contributed by atoms with Gasteiger partial charge in [-0.15, -0.1) is 0 Å². The second-order valence-corrected chi connectivity index (χ2v) is 11.5. The maximum absolute atomic E-state index is 2.53. The summed E-state index contributed by atoms with van der Waals surface area (Å²) in [6.45, 7) is 18.8. The molecule has 33 heavy (non-hydrogen) atoms. The molecular weight excluding hydrogens is 416 g/mol. The fourth-order valence-corrected chi connectivity index (χ4v) is 6.60.